The Bertz CT molecular complexity index is 626. The summed E-state index contributed by atoms with van der Waals surface area (Å²) in [7, 11) is 0. The molecule has 1 unspecified atom stereocenters. The smallest absolute Gasteiger partial charge is 0.253 e. The SMILES string of the molecule is Cc1cc(-n2c(C)cc(C(=O)NCC(C)O)c2C)no1. The second-order valence-electron chi connectivity index (χ2n) is 4.98. The van der Waals surface area contributed by atoms with Crippen LogP contribution in [0.2, 0.25) is 0 Å². The van der Waals surface area contributed by atoms with Crippen molar-refractivity contribution in [1.82, 2.24) is 15.0 Å². The highest BCUT2D eigenvalue weighted by molar-refractivity contribution is 5.95. The molecule has 0 bridgehead atoms. The van der Waals surface area contributed by atoms with Crippen molar-refractivity contribution in [2.24, 2.45) is 0 Å². The average Bonchev–Trinajstić information content (AvgIpc) is 2.90. The van der Waals surface area contributed by atoms with E-state index in [0.717, 1.165) is 11.4 Å². The van der Waals surface area contributed by atoms with Gasteiger partial charge in [-0.05, 0) is 33.8 Å². The summed E-state index contributed by atoms with van der Waals surface area (Å²) in [5.41, 5.74) is 2.26. The minimum Gasteiger partial charge on any atom is -0.392 e. The van der Waals surface area contributed by atoms with Gasteiger partial charge in [0, 0.05) is 24.0 Å². The molecular formula is C14H19N3O3. The molecule has 0 saturated carbocycles. The number of nitrogens with zero attached hydrogens (tertiary/aromatic N) is 2. The van der Waals surface area contributed by atoms with Gasteiger partial charge in [-0.15, -0.1) is 0 Å². The fourth-order valence-electron chi connectivity index (χ4n) is 2.14. The minimum absolute atomic E-state index is 0.203. The first-order valence-electron chi connectivity index (χ1n) is 6.49. The molecule has 20 heavy (non-hydrogen) atoms. The molecule has 0 aliphatic heterocycles. The zero-order chi connectivity index (χ0) is 14.9. The van der Waals surface area contributed by atoms with Crippen LogP contribution in [0.5, 0.6) is 0 Å². The van der Waals surface area contributed by atoms with Gasteiger partial charge < -0.3 is 14.9 Å². The first-order valence-corrected chi connectivity index (χ1v) is 6.49. The van der Waals surface area contributed by atoms with Crippen LogP contribution in [0.3, 0.4) is 0 Å². The summed E-state index contributed by atoms with van der Waals surface area (Å²) in [6.07, 6.45) is -0.569. The summed E-state index contributed by atoms with van der Waals surface area (Å²) in [5, 5.41) is 15.9. The van der Waals surface area contributed by atoms with Gasteiger partial charge in [-0.25, -0.2) is 0 Å². The van der Waals surface area contributed by atoms with E-state index in [1.807, 2.05) is 31.4 Å². The Labute approximate surface area is 117 Å². The molecule has 108 valence electrons. The fourth-order valence-corrected chi connectivity index (χ4v) is 2.14. The van der Waals surface area contributed by atoms with Crippen molar-refractivity contribution in [1.29, 1.82) is 0 Å². The molecule has 2 aromatic heterocycles. The average molecular weight is 277 g/mol. The van der Waals surface area contributed by atoms with E-state index in [0.29, 0.717) is 17.1 Å². The van der Waals surface area contributed by atoms with Crippen LogP contribution < -0.4 is 5.32 Å². The van der Waals surface area contributed by atoms with Crippen LogP contribution in [-0.2, 0) is 0 Å². The van der Waals surface area contributed by atoms with E-state index in [-0.39, 0.29) is 12.5 Å². The van der Waals surface area contributed by atoms with Crippen molar-refractivity contribution in [3.8, 4) is 5.82 Å². The Morgan fingerprint density at radius 2 is 2.15 bits per heavy atom. The van der Waals surface area contributed by atoms with Crippen LogP contribution in [0.1, 0.15) is 34.4 Å². The molecule has 2 rings (SSSR count). The van der Waals surface area contributed by atoms with E-state index in [2.05, 4.69) is 10.5 Å². The van der Waals surface area contributed by atoms with E-state index in [1.165, 1.54) is 0 Å². The van der Waals surface area contributed by atoms with Gasteiger partial charge in [-0.3, -0.25) is 9.36 Å². The molecule has 0 saturated heterocycles. The molecule has 2 N–H and O–H groups in total. The maximum absolute atomic E-state index is 12.1. The van der Waals surface area contributed by atoms with Gasteiger partial charge in [-0.2, -0.15) is 0 Å². The molecule has 2 heterocycles. The first-order chi connectivity index (χ1) is 9.40. The number of aliphatic hydroxyl groups is 1. The molecule has 0 aromatic carbocycles. The van der Waals surface area contributed by atoms with Crippen LogP contribution in [0.4, 0.5) is 0 Å². The lowest BCUT2D eigenvalue weighted by Gasteiger charge is -2.08. The topological polar surface area (TPSA) is 80.3 Å². The normalized spacial score (nSPS) is 12.4. The minimum atomic E-state index is -0.569. The van der Waals surface area contributed by atoms with Crippen LogP contribution >= 0.6 is 0 Å². The monoisotopic (exact) mass is 277 g/mol. The zero-order valence-electron chi connectivity index (χ0n) is 12.1. The molecule has 2 aromatic rings. The van der Waals surface area contributed by atoms with Crippen molar-refractivity contribution < 1.29 is 14.4 Å². The Hall–Kier alpha value is -2.08. The molecule has 0 aliphatic carbocycles. The van der Waals surface area contributed by atoms with Crippen molar-refractivity contribution in [3.05, 3.63) is 34.8 Å². The van der Waals surface area contributed by atoms with E-state index in [1.54, 1.807) is 13.0 Å². The second kappa shape index (κ2) is 5.50. The number of nitrogens with one attached hydrogen (secondary N) is 1. The molecule has 1 atom stereocenters. The van der Waals surface area contributed by atoms with Crippen LogP contribution in [0, 0.1) is 20.8 Å². The number of hydrogen-bond donors (Lipinski definition) is 2. The maximum atomic E-state index is 12.1. The number of hydrogen-bond acceptors (Lipinski definition) is 4. The molecule has 0 spiro atoms. The Morgan fingerprint density at radius 1 is 1.45 bits per heavy atom. The van der Waals surface area contributed by atoms with Crippen LogP contribution in [0.25, 0.3) is 5.82 Å². The fraction of sp³-hybridized carbons (Fsp3) is 0.429. The predicted octanol–water partition coefficient (Wildman–Crippen LogP) is 1.50. The number of aromatic nitrogens is 2. The van der Waals surface area contributed by atoms with Gasteiger partial charge in [0.05, 0.1) is 11.7 Å². The van der Waals surface area contributed by atoms with Gasteiger partial charge in [-0.1, -0.05) is 5.16 Å². The lowest BCUT2D eigenvalue weighted by atomic mass is 10.2. The lowest BCUT2D eigenvalue weighted by molar-refractivity contribution is 0.0923. The molecule has 0 fully saturated rings. The zero-order valence-corrected chi connectivity index (χ0v) is 12.1. The summed E-state index contributed by atoms with van der Waals surface area (Å²) < 4.78 is 6.94. The van der Waals surface area contributed by atoms with E-state index >= 15 is 0 Å². The van der Waals surface area contributed by atoms with Crippen molar-refractivity contribution in [2.75, 3.05) is 6.54 Å². The Kier molecular flexibility index (Phi) is 3.94. The van der Waals surface area contributed by atoms with Crippen molar-refractivity contribution in [2.45, 2.75) is 33.8 Å². The Morgan fingerprint density at radius 3 is 2.70 bits per heavy atom. The van der Waals surface area contributed by atoms with E-state index in [4.69, 9.17) is 4.52 Å². The van der Waals surface area contributed by atoms with Gasteiger partial charge in [0.25, 0.3) is 5.91 Å². The summed E-state index contributed by atoms with van der Waals surface area (Å²) in [4.78, 5) is 12.1. The third-order valence-electron chi connectivity index (χ3n) is 3.08. The van der Waals surface area contributed by atoms with Crippen molar-refractivity contribution in [3.63, 3.8) is 0 Å². The number of amides is 1. The molecule has 6 nitrogen and oxygen atoms in total. The molecular weight excluding hydrogens is 258 g/mol. The third-order valence-corrected chi connectivity index (χ3v) is 3.08. The highest BCUT2D eigenvalue weighted by Gasteiger charge is 2.18. The molecule has 0 radical (unpaired) electrons. The highest BCUT2D eigenvalue weighted by Crippen LogP contribution is 2.20. The third kappa shape index (κ3) is 2.75. The van der Waals surface area contributed by atoms with Gasteiger partial charge in [0.15, 0.2) is 5.82 Å². The quantitative estimate of drug-likeness (QED) is 0.887. The first kappa shape index (κ1) is 14.3. The second-order valence-corrected chi connectivity index (χ2v) is 4.98. The molecule has 1 amide bonds. The Balaban J connectivity index is 2.31. The number of aliphatic hydroxyl groups excluding tert-OH is 1. The molecule has 0 aliphatic rings. The van der Waals surface area contributed by atoms with Crippen LogP contribution in [0.15, 0.2) is 16.7 Å². The van der Waals surface area contributed by atoms with Crippen LogP contribution in [-0.4, -0.2) is 33.4 Å². The van der Waals surface area contributed by atoms with E-state index < -0.39 is 6.10 Å². The van der Waals surface area contributed by atoms with Gasteiger partial charge in [0.1, 0.15) is 5.76 Å². The largest absolute Gasteiger partial charge is 0.392 e. The summed E-state index contributed by atoms with van der Waals surface area (Å²) in [5.74, 6) is 1.17. The van der Waals surface area contributed by atoms with Gasteiger partial charge in [0.2, 0.25) is 0 Å². The number of carbonyl (C=O) groups excluding carboxylic acids is 1. The summed E-state index contributed by atoms with van der Waals surface area (Å²) in [6.45, 7) is 7.44. The number of carbonyl (C=O) groups is 1. The highest BCUT2D eigenvalue weighted by atomic mass is 16.5. The standard InChI is InChI=1S/C14H19N3O3/c1-8-5-12(14(19)15-7-9(2)18)11(4)17(8)13-6-10(3)20-16-13/h5-6,9,18H,7H2,1-4H3,(H,15,19). The number of rotatable bonds is 4. The van der Waals surface area contributed by atoms with E-state index in [9.17, 15) is 9.90 Å². The van der Waals surface area contributed by atoms with Gasteiger partial charge >= 0.3 is 0 Å². The lowest BCUT2D eigenvalue weighted by Crippen LogP contribution is -2.30. The summed E-state index contributed by atoms with van der Waals surface area (Å²) >= 11 is 0. The van der Waals surface area contributed by atoms with Crippen molar-refractivity contribution >= 4 is 5.91 Å². The molecule has 6 heteroatoms. The predicted molar refractivity (Wildman–Crippen MR) is 74.1 cm³/mol. The maximum Gasteiger partial charge on any atom is 0.253 e. The summed E-state index contributed by atoms with van der Waals surface area (Å²) in [6, 6.07) is 3.62. The number of aryl methyl sites for hydroxylation is 2.